The fourth-order valence-electron chi connectivity index (χ4n) is 2.88. The third-order valence-electron chi connectivity index (χ3n) is 4.35. The van der Waals surface area contributed by atoms with Gasteiger partial charge in [0.1, 0.15) is 0 Å². The first-order chi connectivity index (χ1) is 12.7. The number of amides is 2. The molecule has 2 amide bonds. The molecule has 2 aromatic heterocycles. The topological polar surface area (TPSA) is 76.0 Å². The van der Waals surface area contributed by atoms with Crippen LogP contribution < -0.4 is 10.6 Å². The summed E-state index contributed by atoms with van der Waals surface area (Å²) in [6.07, 6.45) is 2.86. The van der Waals surface area contributed by atoms with Gasteiger partial charge >= 0.3 is 0 Å². The molecule has 0 spiro atoms. The molecule has 0 bridgehead atoms. The number of fused-ring (bicyclic) bond motifs is 1. The lowest BCUT2D eigenvalue weighted by Crippen LogP contribution is -2.15. The van der Waals surface area contributed by atoms with E-state index in [9.17, 15) is 9.59 Å². The van der Waals surface area contributed by atoms with E-state index in [0.29, 0.717) is 15.8 Å². The smallest absolute Gasteiger partial charge is 0.268 e. The molecule has 1 aliphatic carbocycles. The second kappa shape index (κ2) is 6.92. The molecule has 0 saturated heterocycles. The Kier molecular flexibility index (Phi) is 4.46. The van der Waals surface area contributed by atoms with Gasteiger partial charge in [-0.25, -0.2) is 4.98 Å². The number of nitrogens with zero attached hydrogens (tertiary/aromatic N) is 2. The molecule has 0 atom stereocenters. The van der Waals surface area contributed by atoms with Gasteiger partial charge in [-0.2, -0.15) is 0 Å². The Hall–Kier alpha value is -2.67. The zero-order chi connectivity index (χ0) is 18.1. The third kappa shape index (κ3) is 3.35. The fourth-order valence-corrected chi connectivity index (χ4v) is 3.68. The summed E-state index contributed by atoms with van der Waals surface area (Å²) in [5.74, 6) is 0.525. The number of aromatic nitrogens is 2. The molecule has 2 heterocycles. The molecule has 7 heteroatoms. The lowest BCUT2D eigenvalue weighted by Gasteiger charge is -2.08. The van der Waals surface area contributed by atoms with Crippen LogP contribution in [0.25, 0.3) is 11.0 Å². The number of carbonyl (C=O) groups excluding carboxylic acids is 2. The van der Waals surface area contributed by atoms with E-state index in [1.165, 1.54) is 11.3 Å². The van der Waals surface area contributed by atoms with Crippen molar-refractivity contribution >= 4 is 45.1 Å². The molecule has 1 aliphatic rings. The van der Waals surface area contributed by atoms with Crippen molar-refractivity contribution in [3.05, 3.63) is 41.3 Å². The first-order valence-corrected chi connectivity index (χ1v) is 9.64. The van der Waals surface area contributed by atoms with Crippen LogP contribution in [0.2, 0.25) is 0 Å². The molecule has 1 fully saturated rings. The molecule has 0 aliphatic heterocycles. The van der Waals surface area contributed by atoms with E-state index in [0.717, 1.165) is 36.8 Å². The first kappa shape index (κ1) is 16.8. The molecule has 0 unspecified atom stereocenters. The summed E-state index contributed by atoms with van der Waals surface area (Å²) < 4.78 is 2.02. The number of imidazole rings is 1. The number of hydrogen-bond donors (Lipinski definition) is 2. The second-order valence-electron chi connectivity index (χ2n) is 6.46. The van der Waals surface area contributed by atoms with Crippen molar-refractivity contribution in [3.8, 4) is 0 Å². The van der Waals surface area contributed by atoms with Gasteiger partial charge in [0, 0.05) is 12.5 Å². The monoisotopic (exact) mass is 368 g/mol. The number of thiophene rings is 1. The van der Waals surface area contributed by atoms with Crippen LogP contribution in [0.4, 0.5) is 10.9 Å². The van der Waals surface area contributed by atoms with Gasteiger partial charge in [-0.3, -0.25) is 14.9 Å². The van der Waals surface area contributed by atoms with Crippen LogP contribution >= 0.6 is 11.3 Å². The van der Waals surface area contributed by atoms with Crippen molar-refractivity contribution in [2.75, 3.05) is 10.6 Å². The van der Waals surface area contributed by atoms with E-state index >= 15 is 0 Å². The molecule has 1 saturated carbocycles. The highest BCUT2D eigenvalue weighted by Gasteiger charge is 2.30. The molecular weight excluding hydrogens is 348 g/mol. The predicted octanol–water partition coefficient (Wildman–Crippen LogP) is 4.11. The van der Waals surface area contributed by atoms with Crippen LogP contribution in [0.15, 0.2) is 36.4 Å². The number of carbonyl (C=O) groups is 2. The summed E-state index contributed by atoms with van der Waals surface area (Å²) in [7, 11) is 0. The van der Waals surface area contributed by atoms with Crippen LogP contribution in [0, 0.1) is 5.92 Å². The van der Waals surface area contributed by atoms with Gasteiger partial charge in [0.25, 0.3) is 5.91 Å². The fraction of sp³-hybridized carbons (Fsp3) is 0.316. The summed E-state index contributed by atoms with van der Waals surface area (Å²) in [4.78, 5) is 29.6. The highest BCUT2D eigenvalue weighted by atomic mass is 32.1. The van der Waals surface area contributed by atoms with E-state index in [4.69, 9.17) is 0 Å². The number of aryl methyl sites for hydroxylation is 1. The highest BCUT2D eigenvalue weighted by Crippen LogP contribution is 2.32. The normalized spacial score (nSPS) is 13.7. The largest absolute Gasteiger partial charge is 0.317 e. The van der Waals surface area contributed by atoms with Gasteiger partial charge < -0.3 is 9.88 Å². The molecule has 6 nitrogen and oxygen atoms in total. The SMILES string of the molecule is CCCn1c(NC(=O)c2ccc(NC(=O)C3CC3)s2)nc2ccccc21. The highest BCUT2D eigenvalue weighted by molar-refractivity contribution is 7.18. The van der Waals surface area contributed by atoms with E-state index in [1.807, 2.05) is 28.8 Å². The molecule has 0 radical (unpaired) electrons. The summed E-state index contributed by atoms with van der Waals surface area (Å²) in [6, 6.07) is 11.4. The number of para-hydroxylation sites is 2. The molecule has 3 aromatic rings. The Morgan fingerprint density at radius 1 is 1.19 bits per heavy atom. The van der Waals surface area contributed by atoms with Crippen LogP contribution in [0.5, 0.6) is 0 Å². The van der Waals surface area contributed by atoms with Crippen molar-refractivity contribution in [1.29, 1.82) is 0 Å². The minimum Gasteiger partial charge on any atom is -0.317 e. The maximum Gasteiger partial charge on any atom is 0.268 e. The lowest BCUT2D eigenvalue weighted by atomic mass is 10.3. The van der Waals surface area contributed by atoms with E-state index in [2.05, 4.69) is 22.5 Å². The van der Waals surface area contributed by atoms with Crippen molar-refractivity contribution in [2.24, 2.45) is 5.92 Å². The molecular formula is C19H20N4O2S. The maximum atomic E-state index is 12.6. The van der Waals surface area contributed by atoms with Crippen molar-refractivity contribution < 1.29 is 9.59 Å². The van der Waals surface area contributed by atoms with Gasteiger partial charge in [0.05, 0.1) is 20.9 Å². The second-order valence-corrected chi connectivity index (χ2v) is 7.54. The number of benzene rings is 1. The number of anilines is 2. The van der Waals surface area contributed by atoms with E-state index < -0.39 is 0 Å². The van der Waals surface area contributed by atoms with Crippen molar-refractivity contribution in [3.63, 3.8) is 0 Å². The van der Waals surface area contributed by atoms with Gasteiger partial charge in [0.15, 0.2) is 0 Å². The Morgan fingerprint density at radius 2 is 2.00 bits per heavy atom. The van der Waals surface area contributed by atoms with E-state index in [1.54, 1.807) is 12.1 Å². The quantitative estimate of drug-likeness (QED) is 0.687. The molecule has 2 N–H and O–H groups in total. The average molecular weight is 368 g/mol. The van der Waals surface area contributed by atoms with Crippen LogP contribution in [0.3, 0.4) is 0 Å². The van der Waals surface area contributed by atoms with Gasteiger partial charge in [-0.15, -0.1) is 11.3 Å². The van der Waals surface area contributed by atoms with Crippen LogP contribution in [-0.2, 0) is 11.3 Å². The Balaban J connectivity index is 1.52. The molecule has 134 valence electrons. The summed E-state index contributed by atoms with van der Waals surface area (Å²) >= 11 is 1.28. The maximum absolute atomic E-state index is 12.6. The molecule has 4 rings (SSSR count). The van der Waals surface area contributed by atoms with Crippen molar-refractivity contribution in [1.82, 2.24) is 9.55 Å². The van der Waals surface area contributed by atoms with Gasteiger partial charge in [0.2, 0.25) is 11.9 Å². The third-order valence-corrected chi connectivity index (χ3v) is 5.35. The summed E-state index contributed by atoms with van der Waals surface area (Å²) in [6.45, 7) is 2.87. The van der Waals surface area contributed by atoms with E-state index in [-0.39, 0.29) is 17.7 Å². The van der Waals surface area contributed by atoms with Crippen LogP contribution in [-0.4, -0.2) is 21.4 Å². The summed E-state index contributed by atoms with van der Waals surface area (Å²) in [5, 5.41) is 6.49. The molecule has 26 heavy (non-hydrogen) atoms. The van der Waals surface area contributed by atoms with Crippen LogP contribution in [0.1, 0.15) is 35.9 Å². The Morgan fingerprint density at radius 3 is 2.77 bits per heavy atom. The standard InChI is InChI=1S/C19H20N4O2S/c1-2-11-23-14-6-4-3-5-13(14)20-19(23)22-18(25)15-9-10-16(26-15)21-17(24)12-7-8-12/h3-6,9-10,12H,2,7-8,11H2,1H3,(H,21,24)(H,20,22,25). The number of rotatable bonds is 6. The minimum absolute atomic E-state index is 0.0450. The summed E-state index contributed by atoms with van der Waals surface area (Å²) in [5.41, 5.74) is 1.87. The van der Waals surface area contributed by atoms with Crippen molar-refractivity contribution in [2.45, 2.75) is 32.7 Å². The van der Waals surface area contributed by atoms with Gasteiger partial charge in [-0.1, -0.05) is 19.1 Å². The Labute approximate surface area is 155 Å². The Bertz CT molecular complexity index is 971. The zero-order valence-corrected chi connectivity index (χ0v) is 15.3. The van der Waals surface area contributed by atoms with Gasteiger partial charge in [-0.05, 0) is 43.5 Å². The predicted molar refractivity (Wildman–Crippen MR) is 104 cm³/mol. The lowest BCUT2D eigenvalue weighted by molar-refractivity contribution is -0.117. The zero-order valence-electron chi connectivity index (χ0n) is 14.5. The first-order valence-electron chi connectivity index (χ1n) is 8.83. The number of nitrogens with one attached hydrogen (secondary N) is 2. The average Bonchev–Trinajstić information content (AvgIpc) is 3.30. The number of hydrogen-bond acceptors (Lipinski definition) is 4. The molecule has 1 aromatic carbocycles. The minimum atomic E-state index is -0.213.